The number of benzene rings is 2. The first-order chi connectivity index (χ1) is 13.8. The average Bonchev–Trinajstić information content (AvgIpc) is 3.31. The Balaban J connectivity index is 1.59. The second kappa shape index (κ2) is 8.14. The fourth-order valence-corrected chi connectivity index (χ4v) is 5.69. The van der Waals surface area contributed by atoms with Gasteiger partial charge in [0, 0.05) is 29.8 Å². The minimum atomic E-state index is -3.35. The molecule has 1 N–H and O–H groups in total. The molecule has 1 amide bonds. The van der Waals surface area contributed by atoms with Gasteiger partial charge in [-0.15, -0.1) is 0 Å². The minimum absolute atomic E-state index is 0.104. The second-order valence-electron chi connectivity index (χ2n) is 7.19. The number of nitrogens with one attached hydrogen (secondary N) is 1. The summed E-state index contributed by atoms with van der Waals surface area (Å²) in [5, 5.41) is 3.59. The second-order valence-corrected chi connectivity index (χ2v) is 10.1. The van der Waals surface area contributed by atoms with Gasteiger partial charge in [0.2, 0.25) is 10.0 Å². The van der Waals surface area contributed by atoms with E-state index < -0.39 is 15.9 Å². The van der Waals surface area contributed by atoms with E-state index in [9.17, 15) is 13.2 Å². The molecule has 2 aliphatic heterocycles. The lowest BCUT2D eigenvalue weighted by molar-refractivity contribution is 0.102. The van der Waals surface area contributed by atoms with Crippen LogP contribution >= 0.6 is 23.2 Å². The predicted molar refractivity (Wildman–Crippen MR) is 115 cm³/mol. The lowest BCUT2D eigenvalue weighted by atomic mass is 9.98. The van der Waals surface area contributed by atoms with E-state index in [2.05, 4.69) is 5.32 Å². The lowest BCUT2D eigenvalue weighted by Gasteiger charge is -2.18. The zero-order valence-electron chi connectivity index (χ0n) is 15.5. The van der Waals surface area contributed by atoms with Crippen molar-refractivity contribution in [3.63, 3.8) is 0 Å². The molecule has 1 unspecified atom stereocenters. The quantitative estimate of drug-likeness (QED) is 0.747. The number of ether oxygens (including phenoxy) is 1. The van der Waals surface area contributed by atoms with Gasteiger partial charge in [-0.3, -0.25) is 9.10 Å². The van der Waals surface area contributed by atoms with Gasteiger partial charge in [-0.1, -0.05) is 23.2 Å². The third-order valence-corrected chi connectivity index (χ3v) is 7.58. The molecule has 0 bridgehead atoms. The van der Waals surface area contributed by atoms with Gasteiger partial charge >= 0.3 is 0 Å². The molecule has 0 spiro atoms. The number of halogens is 2. The third kappa shape index (κ3) is 4.38. The van der Waals surface area contributed by atoms with Crippen molar-refractivity contribution in [3.8, 4) is 0 Å². The van der Waals surface area contributed by atoms with E-state index in [1.165, 1.54) is 10.4 Å². The van der Waals surface area contributed by atoms with Crippen molar-refractivity contribution in [1.82, 2.24) is 0 Å². The van der Waals surface area contributed by atoms with Crippen molar-refractivity contribution in [2.75, 3.05) is 35.1 Å². The summed E-state index contributed by atoms with van der Waals surface area (Å²) in [5.41, 5.74) is 2.21. The van der Waals surface area contributed by atoms with E-state index in [-0.39, 0.29) is 22.3 Å². The Bertz CT molecular complexity index is 1050. The van der Waals surface area contributed by atoms with Crippen molar-refractivity contribution in [2.24, 2.45) is 0 Å². The van der Waals surface area contributed by atoms with Crippen molar-refractivity contribution in [1.29, 1.82) is 0 Å². The summed E-state index contributed by atoms with van der Waals surface area (Å²) >= 11 is 12.5. The van der Waals surface area contributed by atoms with Crippen molar-refractivity contribution in [2.45, 2.75) is 18.8 Å². The zero-order chi connectivity index (χ0) is 20.6. The van der Waals surface area contributed by atoms with E-state index in [1.54, 1.807) is 18.2 Å². The number of nitrogens with zero attached hydrogens (tertiary/aromatic N) is 1. The van der Waals surface area contributed by atoms with Crippen molar-refractivity contribution < 1.29 is 17.9 Å². The van der Waals surface area contributed by atoms with E-state index in [1.807, 2.05) is 12.1 Å². The minimum Gasteiger partial charge on any atom is -0.381 e. The molecule has 2 aromatic rings. The Labute approximate surface area is 179 Å². The Kier molecular flexibility index (Phi) is 5.75. The molecule has 4 rings (SSSR count). The summed E-state index contributed by atoms with van der Waals surface area (Å²) in [7, 11) is -3.35. The third-order valence-electron chi connectivity index (χ3n) is 5.16. The summed E-state index contributed by atoms with van der Waals surface area (Å²) in [5.74, 6) is -0.0752. The summed E-state index contributed by atoms with van der Waals surface area (Å²) in [4.78, 5) is 12.9. The van der Waals surface area contributed by atoms with Gasteiger partial charge in [0.25, 0.3) is 5.91 Å². The molecule has 2 heterocycles. The number of carbonyl (C=O) groups is 1. The van der Waals surface area contributed by atoms with Gasteiger partial charge in [-0.25, -0.2) is 8.42 Å². The Morgan fingerprint density at radius 1 is 1.17 bits per heavy atom. The van der Waals surface area contributed by atoms with Crippen LogP contribution in [0, 0.1) is 0 Å². The topological polar surface area (TPSA) is 75.7 Å². The van der Waals surface area contributed by atoms with Gasteiger partial charge < -0.3 is 10.1 Å². The van der Waals surface area contributed by atoms with Crippen LogP contribution in [0.5, 0.6) is 0 Å². The normalized spacial score (nSPS) is 20.8. The predicted octanol–water partition coefficient (Wildman–Crippen LogP) is 4.29. The molecule has 29 heavy (non-hydrogen) atoms. The molecule has 1 atom stereocenters. The number of sulfonamides is 1. The van der Waals surface area contributed by atoms with Crippen LogP contribution in [-0.4, -0.2) is 39.8 Å². The lowest BCUT2D eigenvalue weighted by Crippen LogP contribution is -2.25. The first-order valence-corrected chi connectivity index (χ1v) is 11.7. The van der Waals surface area contributed by atoms with E-state index in [0.717, 1.165) is 12.0 Å². The molecule has 0 aliphatic carbocycles. The number of hydrogen-bond donors (Lipinski definition) is 1. The molecule has 154 valence electrons. The molecule has 2 aliphatic rings. The fraction of sp³-hybridized carbons (Fsp3) is 0.350. The highest BCUT2D eigenvalue weighted by atomic mass is 35.5. The van der Waals surface area contributed by atoms with Crippen LogP contribution in [0.1, 0.15) is 34.7 Å². The van der Waals surface area contributed by atoms with Crippen molar-refractivity contribution in [3.05, 3.63) is 57.6 Å². The highest BCUT2D eigenvalue weighted by Gasteiger charge is 2.29. The number of hydrogen-bond acceptors (Lipinski definition) is 4. The molecule has 2 saturated heterocycles. The maximum Gasteiger partial charge on any atom is 0.257 e. The van der Waals surface area contributed by atoms with Crippen LogP contribution in [0.25, 0.3) is 0 Å². The van der Waals surface area contributed by atoms with Crippen LogP contribution in [0.2, 0.25) is 10.0 Å². The largest absolute Gasteiger partial charge is 0.381 e. The smallest absolute Gasteiger partial charge is 0.257 e. The van der Waals surface area contributed by atoms with E-state index in [0.29, 0.717) is 42.6 Å². The van der Waals surface area contributed by atoms with Gasteiger partial charge in [-0.2, -0.15) is 0 Å². The summed E-state index contributed by atoms with van der Waals surface area (Å²) in [6, 6.07) is 10.1. The van der Waals surface area contributed by atoms with E-state index in [4.69, 9.17) is 27.9 Å². The van der Waals surface area contributed by atoms with Crippen molar-refractivity contribution >= 4 is 50.5 Å². The fourth-order valence-electron chi connectivity index (χ4n) is 3.69. The Morgan fingerprint density at radius 3 is 2.69 bits per heavy atom. The highest BCUT2D eigenvalue weighted by Crippen LogP contribution is 2.32. The zero-order valence-corrected chi connectivity index (χ0v) is 17.9. The summed E-state index contributed by atoms with van der Waals surface area (Å²) < 4.78 is 31.1. The van der Waals surface area contributed by atoms with Gasteiger partial charge in [0.15, 0.2) is 0 Å². The molecule has 0 radical (unpaired) electrons. The number of carbonyl (C=O) groups excluding carboxylic acids is 1. The maximum atomic E-state index is 12.9. The SMILES string of the molecule is O=C(Nc1cc(Cl)cc(C2CCOC2)c1)c1cc(N2CCCS2(=O)=O)ccc1Cl. The molecule has 0 aromatic heterocycles. The molecular formula is C20H20Cl2N2O4S. The Morgan fingerprint density at radius 2 is 2.00 bits per heavy atom. The van der Waals surface area contributed by atoms with Crippen LogP contribution in [-0.2, 0) is 14.8 Å². The first-order valence-electron chi connectivity index (χ1n) is 9.33. The molecule has 2 aromatic carbocycles. The molecule has 2 fully saturated rings. The molecular weight excluding hydrogens is 435 g/mol. The van der Waals surface area contributed by atoms with Gasteiger partial charge in [0.1, 0.15) is 0 Å². The van der Waals surface area contributed by atoms with Crippen LogP contribution in [0.4, 0.5) is 11.4 Å². The number of rotatable bonds is 4. The van der Waals surface area contributed by atoms with Gasteiger partial charge in [-0.05, 0) is 54.8 Å². The first kappa shape index (κ1) is 20.5. The number of amides is 1. The molecule has 9 heteroatoms. The summed E-state index contributed by atoms with van der Waals surface area (Å²) in [6.07, 6.45) is 1.47. The van der Waals surface area contributed by atoms with Gasteiger partial charge in [0.05, 0.1) is 28.6 Å². The standard InChI is InChI=1S/C20H20Cl2N2O4S/c21-15-8-14(13-4-6-28-12-13)9-16(10-15)23-20(25)18-11-17(2-3-19(18)22)24-5-1-7-29(24,26)27/h2-3,8-11,13H,1,4-7,12H2,(H,23,25). The molecule has 0 saturated carbocycles. The maximum absolute atomic E-state index is 12.9. The number of anilines is 2. The van der Waals surface area contributed by atoms with Crippen LogP contribution in [0.3, 0.4) is 0 Å². The monoisotopic (exact) mass is 454 g/mol. The van der Waals surface area contributed by atoms with E-state index >= 15 is 0 Å². The van der Waals surface area contributed by atoms with Crippen LogP contribution < -0.4 is 9.62 Å². The Hall–Kier alpha value is -1.80. The van der Waals surface area contributed by atoms with Crippen LogP contribution in [0.15, 0.2) is 36.4 Å². The highest BCUT2D eigenvalue weighted by molar-refractivity contribution is 7.93. The summed E-state index contributed by atoms with van der Waals surface area (Å²) in [6.45, 7) is 1.73. The molecule has 6 nitrogen and oxygen atoms in total. The average molecular weight is 455 g/mol.